The van der Waals surface area contributed by atoms with E-state index >= 15 is 0 Å². The number of carbonyl (C=O) groups excluding carboxylic acids is 2. The molecule has 4 aromatic carbocycles. The van der Waals surface area contributed by atoms with Crippen LogP contribution in [0.1, 0.15) is 164 Å². The molecule has 0 spiro atoms. The first-order chi connectivity index (χ1) is 51.6. The molecule has 3 radical (unpaired) electrons. The third kappa shape index (κ3) is 26.4. The number of hydrogen-bond acceptors (Lipinski definition) is 13. The summed E-state index contributed by atoms with van der Waals surface area (Å²) >= 11 is 3.44. The predicted octanol–water partition coefficient (Wildman–Crippen LogP) is 22.5. The van der Waals surface area contributed by atoms with Crippen molar-refractivity contribution in [2.75, 3.05) is 0 Å². The zero-order valence-corrected chi connectivity index (χ0v) is 74.8. The van der Waals surface area contributed by atoms with E-state index in [2.05, 4.69) is 142 Å². The van der Waals surface area contributed by atoms with E-state index in [-0.39, 0.29) is 116 Å². The molecule has 2 aliphatic rings. The molecule has 0 amide bonds. The van der Waals surface area contributed by atoms with Gasteiger partial charge >= 0.3 is 27.0 Å². The molecule has 2 aliphatic heterocycles. The molecule has 0 aliphatic carbocycles. The number of fused-ring (bicyclic) bond motifs is 10. The molecule has 12 aromatic rings. The molecular formula is C89H87F2Ir3N8O6PtS2-3. The molecule has 3 N–H and O–H groups in total. The van der Waals surface area contributed by atoms with E-state index in [9.17, 15) is 23.2 Å². The van der Waals surface area contributed by atoms with E-state index in [1.165, 1.54) is 111 Å². The average Bonchev–Trinajstić information content (AvgIpc) is 1.62. The number of thiazole rings is 1. The van der Waals surface area contributed by atoms with Crippen molar-refractivity contribution in [3.63, 3.8) is 0 Å². The fourth-order valence-corrected chi connectivity index (χ4v) is 14.1. The topological polar surface area (TPSA) is 217 Å². The Morgan fingerprint density at radius 2 is 0.883 bits per heavy atom. The third-order valence-corrected chi connectivity index (χ3v) is 18.9. The van der Waals surface area contributed by atoms with Crippen molar-refractivity contribution in [2.45, 2.75) is 134 Å². The normalized spacial score (nSPS) is 11.2. The van der Waals surface area contributed by atoms with E-state index in [0.717, 1.165) is 135 Å². The van der Waals surface area contributed by atoms with Crippen LogP contribution in [-0.4, -0.2) is 62.8 Å². The van der Waals surface area contributed by atoms with Gasteiger partial charge in [-0.3, -0.25) is 23.4 Å². The minimum absolute atomic E-state index is 0. The number of ketones is 2. The molecule has 8 aromatic heterocycles. The van der Waals surface area contributed by atoms with E-state index in [1.807, 2.05) is 72.9 Å². The van der Waals surface area contributed by atoms with Crippen LogP contribution in [0.2, 0.25) is 0 Å². The molecule has 585 valence electrons. The van der Waals surface area contributed by atoms with Gasteiger partial charge in [0.05, 0.1) is 39.8 Å². The summed E-state index contributed by atoms with van der Waals surface area (Å²) in [5.41, 5.74) is 23.0. The van der Waals surface area contributed by atoms with Gasteiger partial charge in [0.15, 0.2) is 11.6 Å². The SMILES string of the molecule is CC(=O)C=C(C)O.CC(=O)C=C(C)O.CCC1=C(CC)c2cc3[n-]c(cc4nc(cc5[n-]c(cc1n2)c(CC)c5CC)C(CC)=C4CC)c(CC)c3CC.Fc1c[c-]c(-c2ccccn2)c(F)c1.O=C(O)c1ccccn1.[Ir].[Ir].[Ir].[Pt+2].[c-]1c(-c2ccccn2)sc2ccccc12.[c-]1ccccc1-c1nc2ccccc2s1. The zero-order valence-electron chi connectivity index (χ0n) is 63.7. The number of hydrogen-bond donors (Lipinski definition) is 3. The molecule has 111 heavy (non-hydrogen) atoms. The predicted molar refractivity (Wildman–Crippen MR) is 433 cm³/mol. The van der Waals surface area contributed by atoms with Crippen LogP contribution in [-0.2, 0) is 117 Å². The number of nitrogens with zero attached hydrogens (tertiary/aromatic N) is 8. The van der Waals surface area contributed by atoms with Gasteiger partial charge in [-0.15, -0.1) is 93.7 Å². The van der Waals surface area contributed by atoms with Crippen LogP contribution < -0.4 is 9.97 Å². The van der Waals surface area contributed by atoms with Gasteiger partial charge in [-0.2, -0.15) is 11.3 Å². The number of pyridine rings is 3. The Bertz CT molecular complexity index is 4910. The number of rotatable bonds is 14. The number of aromatic carboxylic acids is 1. The largest absolute Gasteiger partial charge is 2.00 e. The van der Waals surface area contributed by atoms with Crippen LogP contribution in [0.5, 0.6) is 0 Å². The van der Waals surface area contributed by atoms with Crippen molar-refractivity contribution in [1.29, 1.82) is 0 Å². The first kappa shape index (κ1) is 94.5. The zero-order chi connectivity index (χ0) is 77.1. The van der Waals surface area contributed by atoms with Crippen molar-refractivity contribution in [3.05, 3.63) is 287 Å². The van der Waals surface area contributed by atoms with Crippen LogP contribution >= 0.6 is 22.7 Å². The second kappa shape index (κ2) is 47.5. The van der Waals surface area contributed by atoms with Gasteiger partial charge in [-0.25, -0.2) is 31.1 Å². The summed E-state index contributed by atoms with van der Waals surface area (Å²) in [6, 6.07) is 60.2. The Kier molecular flexibility index (Phi) is 40.5. The summed E-state index contributed by atoms with van der Waals surface area (Å²) in [5.74, 6) is -2.40. The summed E-state index contributed by atoms with van der Waals surface area (Å²) < 4.78 is 28.3. The van der Waals surface area contributed by atoms with E-state index in [1.54, 1.807) is 59.2 Å². The number of thiophene rings is 1. The molecule has 14 rings (SSSR count). The van der Waals surface area contributed by atoms with Gasteiger partial charge < -0.3 is 35.3 Å². The van der Waals surface area contributed by atoms with Gasteiger partial charge in [-0.05, 0) is 153 Å². The number of allylic oxidation sites excluding steroid dienone is 8. The second-order valence-electron chi connectivity index (χ2n) is 24.4. The van der Waals surface area contributed by atoms with E-state index < -0.39 is 17.6 Å². The molecule has 10 heterocycles. The number of aryl methyl sites for hydroxylation is 4. The van der Waals surface area contributed by atoms with Crippen molar-refractivity contribution in [3.8, 4) is 32.4 Å². The minimum Gasteiger partial charge on any atom is -0.657 e. The van der Waals surface area contributed by atoms with Crippen LogP contribution in [0, 0.1) is 29.8 Å². The number of aliphatic hydroxyl groups excluding tert-OH is 2. The standard InChI is InChI=1S/C36H44N4.2C13H8NS.C11H6F2N.C6H5NO2.2C5H8O2.3Ir.Pt/c1-9-21-22(10-2)30-18-32-25(13-5)26(14-6)34(39-32)20-36-28(16-8)27(15-7)35(40-36)19-33-24(12-4)23(11-3)31(38-33)17-29(21)37-30;1-2-7-12-10(5-1)9-13(15-12)11-6-3-4-8-14-11;1-2-6-10(7-3-1)13-14-11-8-4-5-9-12(11)15-13;12-8-4-5-9(10(13)7-8)11-3-1-2-6-14-11;8-6(9)5-3-1-2-4-7-5;2*1-4(6)3-5(2)7;;;;/h17-20H,9-16H2,1-8H3;1-8H;1-6,8-9H;1-4,6-7H;1-4H,(H,8,9);2*3,6H,1-2H3;;;;/q-2;3*-1;;;;;;;+2. The van der Waals surface area contributed by atoms with Crippen LogP contribution in [0.3, 0.4) is 0 Å². The summed E-state index contributed by atoms with van der Waals surface area (Å²) in [4.78, 5) is 68.7. The molecule has 8 bridgehead atoms. The van der Waals surface area contributed by atoms with Gasteiger partial charge in [0.2, 0.25) is 0 Å². The maximum atomic E-state index is 13.2. The summed E-state index contributed by atoms with van der Waals surface area (Å²) in [6.45, 7) is 23.6. The number of para-hydroxylation sites is 1. The van der Waals surface area contributed by atoms with Crippen molar-refractivity contribution in [2.24, 2.45) is 0 Å². The molecule has 14 nitrogen and oxygen atoms in total. The maximum absolute atomic E-state index is 13.2. The molecule has 22 heteroatoms. The van der Waals surface area contributed by atoms with E-state index in [0.29, 0.717) is 5.69 Å². The Labute approximate surface area is 711 Å². The minimum atomic E-state index is -0.990. The number of halogens is 2. The van der Waals surface area contributed by atoms with Gasteiger partial charge in [0, 0.05) is 118 Å². The monoisotopic (exact) mass is 2240 g/mol. The summed E-state index contributed by atoms with van der Waals surface area (Å²) in [5, 5.41) is 27.3. The maximum Gasteiger partial charge on any atom is 2.00 e. The number of benzene rings is 4. The Morgan fingerprint density at radius 3 is 1.23 bits per heavy atom. The van der Waals surface area contributed by atoms with Gasteiger partial charge in [0.25, 0.3) is 0 Å². The number of carboxylic acids is 1. The molecule has 0 fully saturated rings. The van der Waals surface area contributed by atoms with Crippen LogP contribution in [0.25, 0.3) is 97.1 Å². The first-order valence-corrected chi connectivity index (χ1v) is 37.2. The molecule has 0 atom stereocenters. The first-order valence-electron chi connectivity index (χ1n) is 35.6. The van der Waals surface area contributed by atoms with E-state index in [4.69, 9.17) is 35.3 Å². The average molecular weight is 2240 g/mol. The Hall–Kier alpha value is -8.83. The molecule has 0 unspecified atom stereocenters. The fourth-order valence-electron chi connectivity index (χ4n) is 12.2. The second-order valence-corrected chi connectivity index (χ2v) is 26.4. The fraction of sp³-hybridized carbons (Fsp3) is 0.225. The quantitative estimate of drug-likeness (QED) is 0.0524. The number of aliphatic hydroxyl groups is 2. The Balaban J connectivity index is 0.000000304. The Morgan fingerprint density at radius 1 is 0.459 bits per heavy atom. The molecule has 0 saturated carbocycles. The van der Waals surface area contributed by atoms with Crippen LogP contribution in [0.4, 0.5) is 8.78 Å². The van der Waals surface area contributed by atoms with Crippen LogP contribution in [0.15, 0.2) is 206 Å². The van der Waals surface area contributed by atoms with Crippen molar-refractivity contribution < 1.29 is 120 Å². The van der Waals surface area contributed by atoms with Gasteiger partial charge in [-0.1, -0.05) is 168 Å². The number of carbonyl (C=O) groups is 3. The molecule has 0 saturated heterocycles. The third-order valence-electron chi connectivity index (χ3n) is 16.8. The summed E-state index contributed by atoms with van der Waals surface area (Å²) in [6.07, 6.45) is 14.7. The van der Waals surface area contributed by atoms with Crippen molar-refractivity contribution in [1.82, 2.24) is 39.9 Å². The van der Waals surface area contributed by atoms with Crippen molar-refractivity contribution >= 4 is 105 Å². The number of aromatic nitrogens is 8. The summed E-state index contributed by atoms with van der Waals surface area (Å²) in [7, 11) is 0. The smallest absolute Gasteiger partial charge is 0.657 e. The van der Waals surface area contributed by atoms with Gasteiger partial charge in [0.1, 0.15) is 5.69 Å². The molecular weight excluding hydrogens is 2150 g/mol. The number of carboxylic acid groups (broad SMARTS) is 1.